The van der Waals surface area contributed by atoms with Crippen molar-refractivity contribution in [3.05, 3.63) is 42.0 Å². The standard InChI is InChI=1S/C20H23FN4O/c21-15-9-7-13(8-10-15)16-12-23-20(22)24-18(16)17-6-3-11-25(17)19(26)14-4-1-2-5-14/h7-10,12,14,17H,1-6,11H2,(H2,22,23,24)/t17-/m0/s1. The third-order valence-corrected chi connectivity index (χ3v) is 5.55. The smallest absolute Gasteiger partial charge is 0.226 e. The summed E-state index contributed by atoms with van der Waals surface area (Å²) < 4.78 is 13.3. The van der Waals surface area contributed by atoms with E-state index in [1.807, 2.05) is 4.90 Å². The van der Waals surface area contributed by atoms with E-state index >= 15 is 0 Å². The molecule has 1 aliphatic heterocycles. The average molecular weight is 354 g/mol. The van der Waals surface area contributed by atoms with Crippen molar-refractivity contribution in [3.8, 4) is 11.1 Å². The van der Waals surface area contributed by atoms with Gasteiger partial charge in [-0.2, -0.15) is 0 Å². The molecular formula is C20H23FN4O. The molecule has 1 amide bonds. The molecule has 0 radical (unpaired) electrons. The Morgan fingerprint density at radius 1 is 1.12 bits per heavy atom. The summed E-state index contributed by atoms with van der Waals surface area (Å²) in [5.41, 5.74) is 8.28. The van der Waals surface area contributed by atoms with E-state index in [0.717, 1.165) is 61.9 Å². The molecule has 4 rings (SSSR count). The predicted octanol–water partition coefficient (Wildman–Crippen LogP) is 3.72. The number of nitrogen functional groups attached to an aromatic ring is 1. The summed E-state index contributed by atoms with van der Waals surface area (Å²) in [6.07, 6.45) is 7.74. The van der Waals surface area contributed by atoms with Gasteiger partial charge in [-0.3, -0.25) is 4.79 Å². The highest BCUT2D eigenvalue weighted by Gasteiger charge is 2.36. The van der Waals surface area contributed by atoms with Gasteiger partial charge >= 0.3 is 0 Å². The van der Waals surface area contributed by atoms with Gasteiger partial charge in [-0.1, -0.05) is 25.0 Å². The molecule has 2 aliphatic rings. The second-order valence-electron chi connectivity index (χ2n) is 7.21. The van der Waals surface area contributed by atoms with Crippen molar-refractivity contribution in [1.29, 1.82) is 0 Å². The summed E-state index contributed by atoms with van der Waals surface area (Å²) in [5, 5.41) is 0. The van der Waals surface area contributed by atoms with Crippen LogP contribution < -0.4 is 5.73 Å². The van der Waals surface area contributed by atoms with E-state index < -0.39 is 0 Å². The Labute approximate surface area is 152 Å². The van der Waals surface area contributed by atoms with Crippen LogP contribution in [0, 0.1) is 11.7 Å². The number of carbonyl (C=O) groups is 1. The van der Waals surface area contributed by atoms with Crippen molar-refractivity contribution in [1.82, 2.24) is 14.9 Å². The van der Waals surface area contributed by atoms with Crippen LogP contribution in [0.3, 0.4) is 0 Å². The molecule has 0 bridgehead atoms. The fourth-order valence-corrected chi connectivity index (χ4v) is 4.24. The number of anilines is 1. The van der Waals surface area contributed by atoms with Gasteiger partial charge in [-0.15, -0.1) is 0 Å². The number of nitrogens with zero attached hydrogens (tertiary/aromatic N) is 3. The maximum atomic E-state index is 13.3. The fourth-order valence-electron chi connectivity index (χ4n) is 4.24. The number of hydrogen-bond donors (Lipinski definition) is 1. The van der Waals surface area contributed by atoms with Crippen LogP contribution >= 0.6 is 0 Å². The molecular weight excluding hydrogens is 331 g/mol. The lowest BCUT2D eigenvalue weighted by Crippen LogP contribution is -2.35. The molecule has 1 aromatic carbocycles. The summed E-state index contributed by atoms with van der Waals surface area (Å²) >= 11 is 0. The lowest BCUT2D eigenvalue weighted by atomic mass is 9.98. The van der Waals surface area contributed by atoms with E-state index in [1.165, 1.54) is 12.1 Å². The van der Waals surface area contributed by atoms with E-state index in [1.54, 1.807) is 18.3 Å². The summed E-state index contributed by atoms with van der Waals surface area (Å²) in [4.78, 5) is 23.6. The normalized spacial score (nSPS) is 20.7. The van der Waals surface area contributed by atoms with Gasteiger partial charge in [0.15, 0.2) is 0 Å². The minimum atomic E-state index is -0.287. The number of nitrogens with two attached hydrogens (primary N) is 1. The van der Waals surface area contributed by atoms with Crippen molar-refractivity contribution < 1.29 is 9.18 Å². The molecule has 0 unspecified atom stereocenters. The van der Waals surface area contributed by atoms with Crippen molar-refractivity contribution in [2.75, 3.05) is 12.3 Å². The zero-order valence-corrected chi connectivity index (χ0v) is 14.7. The highest BCUT2D eigenvalue weighted by atomic mass is 19.1. The largest absolute Gasteiger partial charge is 0.368 e. The van der Waals surface area contributed by atoms with E-state index in [-0.39, 0.29) is 29.6 Å². The van der Waals surface area contributed by atoms with Crippen molar-refractivity contribution in [2.45, 2.75) is 44.6 Å². The number of rotatable bonds is 3. The number of likely N-dealkylation sites (tertiary alicyclic amines) is 1. The minimum absolute atomic E-state index is 0.0894. The summed E-state index contributed by atoms with van der Waals surface area (Å²) in [6, 6.07) is 6.18. The van der Waals surface area contributed by atoms with Crippen molar-refractivity contribution in [2.24, 2.45) is 5.92 Å². The lowest BCUT2D eigenvalue weighted by molar-refractivity contribution is -0.136. The first-order valence-corrected chi connectivity index (χ1v) is 9.32. The van der Waals surface area contributed by atoms with Crippen LogP contribution in [0.4, 0.5) is 10.3 Å². The van der Waals surface area contributed by atoms with Gasteiger partial charge in [0.2, 0.25) is 11.9 Å². The van der Waals surface area contributed by atoms with E-state index in [0.29, 0.717) is 0 Å². The van der Waals surface area contributed by atoms with Gasteiger partial charge in [-0.25, -0.2) is 14.4 Å². The van der Waals surface area contributed by atoms with Crippen LogP contribution in [0.15, 0.2) is 30.5 Å². The van der Waals surface area contributed by atoms with Gasteiger partial charge in [-0.05, 0) is 43.4 Å². The van der Waals surface area contributed by atoms with Gasteiger partial charge in [0.25, 0.3) is 0 Å². The molecule has 1 saturated heterocycles. The van der Waals surface area contributed by atoms with Gasteiger partial charge < -0.3 is 10.6 Å². The Morgan fingerprint density at radius 2 is 1.85 bits per heavy atom. The monoisotopic (exact) mass is 354 g/mol. The van der Waals surface area contributed by atoms with Gasteiger partial charge in [0, 0.05) is 24.2 Å². The Bertz CT molecular complexity index is 802. The maximum absolute atomic E-state index is 13.3. The highest BCUT2D eigenvalue weighted by Crippen LogP contribution is 2.39. The average Bonchev–Trinajstić information content (AvgIpc) is 3.34. The molecule has 2 N–H and O–H groups in total. The molecule has 136 valence electrons. The molecule has 0 spiro atoms. The quantitative estimate of drug-likeness (QED) is 0.912. The van der Waals surface area contributed by atoms with E-state index in [4.69, 9.17) is 5.73 Å². The van der Waals surface area contributed by atoms with E-state index in [9.17, 15) is 9.18 Å². The first-order chi connectivity index (χ1) is 12.6. The third-order valence-electron chi connectivity index (χ3n) is 5.55. The van der Waals surface area contributed by atoms with Crippen LogP contribution in [0.2, 0.25) is 0 Å². The zero-order chi connectivity index (χ0) is 18.1. The summed E-state index contributed by atoms with van der Waals surface area (Å²) in [7, 11) is 0. The minimum Gasteiger partial charge on any atom is -0.368 e. The molecule has 26 heavy (non-hydrogen) atoms. The molecule has 2 fully saturated rings. The van der Waals surface area contributed by atoms with Gasteiger partial charge in [0.05, 0.1) is 11.7 Å². The summed E-state index contributed by atoms with van der Waals surface area (Å²) in [6.45, 7) is 0.757. The molecule has 5 nitrogen and oxygen atoms in total. The second kappa shape index (κ2) is 7.02. The Hall–Kier alpha value is -2.50. The second-order valence-corrected chi connectivity index (χ2v) is 7.21. The number of hydrogen-bond acceptors (Lipinski definition) is 4. The predicted molar refractivity (Wildman–Crippen MR) is 97.5 cm³/mol. The highest BCUT2D eigenvalue weighted by molar-refractivity contribution is 5.80. The maximum Gasteiger partial charge on any atom is 0.226 e. The molecule has 2 aromatic rings. The molecule has 6 heteroatoms. The van der Waals surface area contributed by atoms with Crippen LogP contribution in [-0.2, 0) is 4.79 Å². The van der Waals surface area contributed by atoms with Crippen LogP contribution in [0.1, 0.15) is 50.3 Å². The third kappa shape index (κ3) is 3.16. The number of aromatic nitrogens is 2. The number of benzene rings is 1. The summed E-state index contributed by atoms with van der Waals surface area (Å²) in [5.74, 6) is 0.299. The number of halogens is 1. The first-order valence-electron chi connectivity index (χ1n) is 9.32. The number of carbonyl (C=O) groups excluding carboxylic acids is 1. The fraction of sp³-hybridized carbons (Fsp3) is 0.450. The molecule has 1 saturated carbocycles. The molecule has 1 atom stereocenters. The Morgan fingerprint density at radius 3 is 2.58 bits per heavy atom. The topological polar surface area (TPSA) is 72.1 Å². The molecule has 2 heterocycles. The SMILES string of the molecule is Nc1ncc(-c2ccc(F)cc2)c([C@@H]2CCCN2C(=O)C2CCCC2)n1. The van der Waals surface area contributed by atoms with Crippen molar-refractivity contribution >= 4 is 11.9 Å². The van der Waals surface area contributed by atoms with Crippen LogP contribution in [-0.4, -0.2) is 27.3 Å². The first kappa shape index (κ1) is 16.9. The molecule has 1 aliphatic carbocycles. The Kier molecular flexibility index (Phi) is 4.57. The van der Waals surface area contributed by atoms with E-state index in [2.05, 4.69) is 9.97 Å². The Balaban J connectivity index is 1.70. The van der Waals surface area contributed by atoms with Crippen LogP contribution in [0.25, 0.3) is 11.1 Å². The zero-order valence-electron chi connectivity index (χ0n) is 14.7. The molecule has 1 aromatic heterocycles. The lowest BCUT2D eigenvalue weighted by Gasteiger charge is -2.28. The van der Waals surface area contributed by atoms with Crippen LogP contribution in [0.5, 0.6) is 0 Å². The van der Waals surface area contributed by atoms with Gasteiger partial charge in [0.1, 0.15) is 5.82 Å². The van der Waals surface area contributed by atoms with Crippen molar-refractivity contribution in [3.63, 3.8) is 0 Å². The number of amides is 1.